The number of thiophene rings is 1. The van der Waals surface area contributed by atoms with Crippen molar-refractivity contribution in [3.05, 3.63) is 21.9 Å². The highest BCUT2D eigenvalue weighted by Crippen LogP contribution is 2.17. The van der Waals surface area contributed by atoms with E-state index in [0.717, 1.165) is 38.9 Å². The van der Waals surface area contributed by atoms with Gasteiger partial charge in [0.15, 0.2) is 0 Å². The summed E-state index contributed by atoms with van der Waals surface area (Å²) in [7, 11) is 0. The fourth-order valence-electron chi connectivity index (χ4n) is 2.38. The summed E-state index contributed by atoms with van der Waals surface area (Å²) in [5.41, 5.74) is 1.40. The third-order valence-corrected chi connectivity index (χ3v) is 4.54. The first kappa shape index (κ1) is 13.6. The molecular weight excluding hydrogens is 244 g/mol. The van der Waals surface area contributed by atoms with Crippen molar-refractivity contribution in [1.29, 1.82) is 0 Å². The highest BCUT2D eigenvalue weighted by molar-refractivity contribution is 7.10. The van der Waals surface area contributed by atoms with E-state index < -0.39 is 0 Å². The van der Waals surface area contributed by atoms with Gasteiger partial charge in [-0.15, -0.1) is 11.3 Å². The molecule has 3 nitrogen and oxygen atoms in total. The molecule has 1 aliphatic rings. The lowest BCUT2D eigenvalue weighted by Gasteiger charge is -2.21. The van der Waals surface area contributed by atoms with E-state index in [2.05, 4.69) is 23.7 Å². The van der Waals surface area contributed by atoms with Gasteiger partial charge in [-0.05, 0) is 43.2 Å². The molecule has 1 aromatic rings. The molecule has 1 fully saturated rings. The van der Waals surface area contributed by atoms with Gasteiger partial charge in [-0.1, -0.05) is 6.92 Å². The molecule has 1 saturated heterocycles. The second kappa shape index (κ2) is 6.34. The fourth-order valence-corrected chi connectivity index (χ4v) is 3.31. The van der Waals surface area contributed by atoms with Crippen LogP contribution in [0.5, 0.6) is 0 Å². The molecule has 0 bridgehead atoms. The molecule has 100 valence electrons. The monoisotopic (exact) mass is 266 g/mol. The average Bonchev–Trinajstić information content (AvgIpc) is 3.05. The molecule has 0 radical (unpaired) electrons. The summed E-state index contributed by atoms with van der Waals surface area (Å²) in [6.07, 6.45) is 3.38. The maximum atomic E-state index is 12.1. The fraction of sp³-hybridized carbons (Fsp3) is 0.643. The van der Waals surface area contributed by atoms with Crippen LogP contribution in [0, 0.1) is 0 Å². The maximum absolute atomic E-state index is 12.1. The Hall–Kier alpha value is -0.870. The smallest absolute Gasteiger partial charge is 0.239 e. The van der Waals surface area contributed by atoms with Crippen molar-refractivity contribution in [2.75, 3.05) is 13.1 Å². The van der Waals surface area contributed by atoms with Crippen LogP contribution in [-0.4, -0.2) is 29.9 Å². The first-order valence-corrected chi connectivity index (χ1v) is 7.67. The van der Waals surface area contributed by atoms with Crippen LogP contribution in [0.25, 0.3) is 0 Å². The molecule has 2 heterocycles. The Bertz CT molecular complexity index is 396. The number of carbonyl (C=O) groups is 1. The van der Waals surface area contributed by atoms with Gasteiger partial charge < -0.3 is 10.2 Å². The van der Waals surface area contributed by atoms with Gasteiger partial charge in [0.2, 0.25) is 5.91 Å². The maximum Gasteiger partial charge on any atom is 0.239 e. The van der Waals surface area contributed by atoms with Crippen LogP contribution in [0.4, 0.5) is 0 Å². The summed E-state index contributed by atoms with van der Waals surface area (Å²) in [5, 5.41) is 5.48. The van der Waals surface area contributed by atoms with Crippen molar-refractivity contribution in [2.24, 2.45) is 0 Å². The zero-order valence-corrected chi connectivity index (χ0v) is 12.1. The summed E-state index contributed by atoms with van der Waals surface area (Å²) in [4.78, 5) is 15.5. The Morgan fingerprint density at radius 3 is 2.89 bits per heavy atom. The average molecular weight is 266 g/mol. The Labute approximate surface area is 113 Å². The number of hydrogen-bond acceptors (Lipinski definition) is 3. The zero-order chi connectivity index (χ0) is 13.0. The van der Waals surface area contributed by atoms with E-state index in [1.54, 1.807) is 11.3 Å². The normalized spacial score (nSPS) is 17.1. The molecule has 0 saturated carbocycles. The Kier molecular flexibility index (Phi) is 4.78. The number of carbonyl (C=O) groups excluding carboxylic acids is 1. The Morgan fingerprint density at radius 1 is 1.50 bits per heavy atom. The van der Waals surface area contributed by atoms with Gasteiger partial charge in [0.05, 0.1) is 6.04 Å². The van der Waals surface area contributed by atoms with Gasteiger partial charge in [0, 0.05) is 24.5 Å². The third-order valence-electron chi connectivity index (χ3n) is 3.58. The standard InChI is InChI=1S/C14H22N2OS/c1-3-12-6-9-18-13(12)10-15-11(2)14(17)16-7-4-5-8-16/h6,9,11,15H,3-5,7-8,10H2,1-2H3. The van der Waals surface area contributed by atoms with Crippen LogP contribution < -0.4 is 5.32 Å². The van der Waals surface area contributed by atoms with E-state index in [4.69, 9.17) is 0 Å². The summed E-state index contributed by atoms with van der Waals surface area (Å²) < 4.78 is 0. The number of nitrogens with zero attached hydrogens (tertiary/aromatic N) is 1. The molecule has 0 spiro atoms. The van der Waals surface area contributed by atoms with Crippen molar-refractivity contribution >= 4 is 17.2 Å². The third kappa shape index (κ3) is 3.12. The van der Waals surface area contributed by atoms with Crippen LogP contribution in [-0.2, 0) is 17.8 Å². The highest BCUT2D eigenvalue weighted by atomic mass is 32.1. The molecular formula is C14H22N2OS. The number of nitrogens with one attached hydrogen (secondary N) is 1. The lowest BCUT2D eigenvalue weighted by molar-refractivity contribution is -0.131. The lowest BCUT2D eigenvalue weighted by Crippen LogP contribution is -2.43. The molecule has 2 rings (SSSR count). The Morgan fingerprint density at radius 2 is 2.22 bits per heavy atom. The predicted octanol–water partition coefficient (Wildman–Crippen LogP) is 2.41. The van der Waals surface area contributed by atoms with E-state index in [0.29, 0.717) is 0 Å². The number of likely N-dealkylation sites (tertiary alicyclic amines) is 1. The van der Waals surface area contributed by atoms with Crippen LogP contribution in [0.3, 0.4) is 0 Å². The quantitative estimate of drug-likeness (QED) is 0.887. The number of amides is 1. The first-order valence-electron chi connectivity index (χ1n) is 6.79. The van der Waals surface area contributed by atoms with Crippen LogP contribution in [0.15, 0.2) is 11.4 Å². The van der Waals surface area contributed by atoms with Crippen LogP contribution in [0.2, 0.25) is 0 Å². The minimum atomic E-state index is -0.0742. The number of aryl methyl sites for hydroxylation is 1. The second-order valence-electron chi connectivity index (χ2n) is 4.86. The molecule has 0 aliphatic carbocycles. The van der Waals surface area contributed by atoms with E-state index in [1.165, 1.54) is 10.4 Å². The second-order valence-corrected chi connectivity index (χ2v) is 5.86. The topological polar surface area (TPSA) is 32.3 Å². The zero-order valence-electron chi connectivity index (χ0n) is 11.2. The number of rotatable bonds is 5. The van der Waals surface area contributed by atoms with Gasteiger partial charge in [-0.3, -0.25) is 4.79 Å². The Balaban J connectivity index is 1.84. The molecule has 1 atom stereocenters. The lowest BCUT2D eigenvalue weighted by atomic mass is 10.2. The van der Waals surface area contributed by atoms with Crippen molar-refractivity contribution in [2.45, 2.75) is 45.7 Å². The predicted molar refractivity (Wildman–Crippen MR) is 75.8 cm³/mol. The van der Waals surface area contributed by atoms with Gasteiger partial charge in [-0.2, -0.15) is 0 Å². The van der Waals surface area contributed by atoms with Gasteiger partial charge in [0.1, 0.15) is 0 Å². The summed E-state index contributed by atoms with van der Waals surface area (Å²) in [6.45, 7) is 6.82. The highest BCUT2D eigenvalue weighted by Gasteiger charge is 2.22. The minimum absolute atomic E-state index is 0.0742. The molecule has 1 unspecified atom stereocenters. The summed E-state index contributed by atoms with van der Waals surface area (Å²) in [6, 6.07) is 2.10. The van der Waals surface area contributed by atoms with Gasteiger partial charge >= 0.3 is 0 Å². The molecule has 1 aliphatic heterocycles. The van der Waals surface area contributed by atoms with Crippen molar-refractivity contribution in [1.82, 2.24) is 10.2 Å². The van der Waals surface area contributed by atoms with Crippen LogP contribution >= 0.6 is 11.3 Å². The molecule has 1 amide bonds. The van der Waals surface area contributed by atoms with E-state index in [-0.39, 0.29) is 11.9 Å². The number of hydrogen-bond donors (Lipinski definition) is 1. The summed E-state index contributed by atoms with van der Waals surface area (Å²) in [5.74, 6) is 0.252. The molecule has 0 aromatic carbocycles. The molecule has 18 heavy (non-hydrogen) atoms. The molecule has 4 heteroatoms. The minimum Gasteiger partial charge on any atom is -0.341 e. The van der Waals surface area contributed by atoms with Crippen LogP contribution in [0.1, 0.15) is 37.1 Å². The molecule has 1 aromatic heterocycles. The van der Waals surface area contributed by atoms with Gasteiger partial charge in [-0.25, -0.2) is 0 Å². The van der Waals surface area contributed by atoms with E-state index in [9.17, 15) is 4.79 Å². The van der Waals surface area contributed by atoms with Gasteiger partial charge in [0.25, 0.3) is 0 Å². The summed E-state index contributed by atoms with van der Waals surface area (Å²) >= 11 is 1.77. The largest absolute Gasteiger partial charge is 0.341 e. The first-order chi connectivity index (χ1) is 8.72. The SMILES string of the molecule is CCc1ccsc1CNC(C)C(=O)N1CCCC1. The van der Waals surface area contributed by atoms with E-state index in [1.807, 2.05) is 11.8 Å². The van der Waals surface area contributed by atoms with E-state index >= 15 is 0 Å². The molecule has 1 N–H and O–H groups in total. The van der Waals surface area contributed by atoms with Crippen molar-refractivity contribution < 1.29 is 4.79 Å². The van der Waals surface area contributed by atoms with Crippen molar-refractivity contribution in [3.8, 4) is 0 Å². The van der Waals surface area contributed by atoms with Crippen molar-refractivity contribution in [3.63, 3.8) is 0 Å².